The number of benzene rings is 2. The van der Waals surface area contributed by atoms with Crippen molar-refractivity contribution in [2.45, 2.75) is 13.8 Å². The predicted octanol–water partition coefficient (Wildman–Crippen LogP) is 3.83. The number of rotatable bonds is 6. The second kappa shape index (κ2) is 8.37. The zero-order chi connectivity index (χ0) is 20.3. The third-order valence-corrected chi connectivity index (χ3v) is 6.38. The van der Waals surface area contributed by atoms with E-state index >= 15 is 0 Å². The monoisotopic (exact) mass is 447 g/mol. The molecule has 144 valence electrons. The molecular formula is C20H17NO6Se. The summed E-state index contributed by atoms with van der Waals surface area (Å²) >= 11 is -0.254. The number of carbonyl (C=O) groups is 2. The van der Waals surface area contributed by atoms with Crippen LogP contribution in [0.25, 0.3) is 19.6 Å². The number of para-hydroxylation sites is 1. The van der Waals surface area contributed by atoms with Crippen LogP contribution in [0.3, 0.4) is 0 Å². The van der Waals surface area contributed by atoms with Crippen LogP contribution in [0.5, 0.6) is 0 Å². The summed E-state index contributed by atoms with van der Waals surface area (Å²) in [6, 6.07) is 11.7. The standard InChI is InChI=1S/C20H17NO6Se/c1-3-26-19(22)13-9-8-12-10-17(28-16(12)11-13)14-6-5-7-15(18(14)21(24)25)20(23)27-4-2/h5-11H,3-4H2,1-2H3. The second-order valence-electron chi connectivity index (χ2n) is 5.76. The van der Waals surface area contributed by atoms with Crippen molar-refractivity contribution in [3.05, 3.63) is 63.7 Å². The van der Waals surface area contributed by atoms with Crippen molar-refractivity contribution >= 4 is 41.8 Å². The normalized spacial score (nSPS) is 10.6. The first kappa shape index (κ1) is 19.8. The number of fused-ring (bicyclic) bond motifs is 1. The van der Waals surface area contributed by atoms with Gasteiger partial charge < -0.3 is 0 Å². The van der Waals surface area contributed by atoms with Gasteiger partial charge in [0.15, 0.2) is 0 Å². The summed E-state index contributed by atoms with van der Waals surface area (Å²) < 4.78 is 11.7. The van der Waals surface area contributed by atoms with Crippen LogP contribution in [0.4, 0.5) is 5.69 Å². The molecule has 7 nitrogen and oxygen atoms in total. The molecule has 0 aliphatic heterocycles. The number of nitrogens with zero attached hydrogens (tertiary/aromatic N) is 1. The molecule has 0 fully saturated rings. The van der Waals surface area contributed by atoms with Crippen molar-refractivity contribution in [1.82, 2.24) is 0 Å². The first-order chi connectivity index (χ1) is 13.5. The molecule has 2 aromatic carbocycles. The van der Waals surface area contributed by atoms with Gasteiger partial charge in [-0.25, -0.2) is 0 Å². The number of nitro groups is 1. The van der Waals surface area contributed by atoms with E-state index in [2.05, 4.69) is 0 Å². The summed E-state index contributed by atoms with van der Waals surface area (Å²) in [7, 11) is 0. The molecule has 0 N–H and O–H groups in total. The molecule has 0 saturated heterocycles. The first-order valence-corrected chi connectivity index (χ1v) is 10.3. The summed E-state index contributed by atoms with van der Waals surface area (Å²) in [5.74, 6) is -1.12. The number of esters is 2. The molecule has 0 aliphatic carbocycles. The third kappa shape index (κ3) is 3.83. The summed E-state index contributed by atoms with van der Waals surface area (Å²) in [4.78, 5) is 35.3. The molecule has 3 rings (SSSR count). The molecule has 28 heavy (non-hydrogen) atoms. The summed E-state index contributed by atoms with van der Waals surface area (Å²) in [5.41, 5.74) is 0.521. The van der Waals surface area contributed by atoms with Gasteiger partial charge in [0.05, 0.1) is 0 Å². The number of hydrogen-bond acceptors (Lipinski definition) is 6. The predicted molar refractivity (Wildman–Crippen MR) is 105 cm³/mol. The molecule has 0 amide bonds. The van der Waals surface area contributed by atoms with Gasteiger partial charge in [0.25, 0.3) is 0 Å². The maximum atomic E-state index is 12.1. The van der Waals surface area contributed by atoms with Crippen LogP contribution in [-0.2, 0) is 9.47 Å². The van der Waals surface area contributed by atoms with Crippen molar-refractivity contribution in [3.63, 3.8) is 0 Å². The Balaban J connectivity index is 2.11. The van der Waals surface area contributed by atoms with E-state index in [1.165, 1.54) is 6.07 Å². The molecule has 0 radical (unpaired) electrons. The van der Waals surface area contributed by atoms with Crippen molar-refractivity contribution in [3.8, 4) is 10.0 Å². The zero-order valence-corrected chi connectivity index (χ0v) is 17.0. The molecule has 0 atom stereocenters. The van der Waals surface area contributed by atoms with Gasteiger partial charge in [-0.15, -0.1) is 0 Å². The van der Waals surface area contributed by atoms with Crippen LogP contribution < -0.4 is 0 Å². The minimum absolute atomic E-state index is 0.0655. The molecule has 0 saturated carbocycles. The van der Waals surface area contributed by atoms with Crippen molar-refractivity contribution < 1.29 is 24.0 Å². The fourth-order valence-corrected chi connectivity index (χ4v) is 5.18. The van der Waals surface area contributed by atoms with E-state index in [1.54, 1.807) is 44.2 Å². The van der Waals surface area contributed by atoms with E-state index < -0.39 is 16.9 Å². The Morgan fingerprint density at radius 2 is 1.75 bits per heavy atom. The number of hydrogen-bond donors (Lipinski definition) is 0. The number of ether oxygens (including phenoxy) is 2. The average molecular weight is 446 g/mol. The van der Waals surface area contributed by atoms with E-state index in [0.29, 0.717) is 11.1 Å². The molecule has 0 bridgehead atoms. The zero-order valence-electron chi connectivity index (χ0n) is 15.3. The average Bonchev–Trinajstić information content (AvgIpc) is 3.10. The molecular weight excluding hydrogens is 429 g/mol. The van der Waals surface area contributed by atoms with Crippen LogP contribution in [0.2, 0.25) is 0 Å². The van der Waals surface area contributed by atoms with Crippen LogP contribution in [0.1, 0.15) is 34.6 Å². The molecule has 0 spiro atoms. The van der Waals surface area contributed by atoms with Crippen molar-refractivity contribution in [2.75, 3.05) is 13.2 Å². The molecule has 3 aromatic rings. The summed E-state index contributed by atoms with van der Waals surface area (Å²) in [6.45, 7) is 3.81. The fraction of sp³-hybridized carbons (Fsp3) is 0.200. The van der Waals surface area contributed by atoms with E-state index in [4.69, 9.17) is 9.47 Å². The van der Waals surface area contributed by atoms with Gasteiger partial charge in [-0.05, 0) is 0 Å². The quantitative estimate of drug-likeness (QED) is 0.247. The molecule has 0 unspecified atom stereocenters. The van der Waals surface area contributed by atoms with Crippen LogP contribution >= 0.6 is 0 Å². The Hall–Kier alpha value is -2.96. The third-order valence-electron chi connectivity index (χ3n) is 4.01. The Morgan fingerprint density at radius 3 is 2.43 bits per heavy atom. The molecule has 1 heterocycles. The Morgan fingerprint density at radius 1 is 1.04 bits per heavy atom. The Bertz CT molecular complexity index is 1070. The fourth-order valence-electron chi connectivity index (χ4n) is 2.82. The number of nitro benzene ring substituents is 1. The van der Waals surface area contributed by atoms with Gasteiger partial charge in [-0.3, -0.25) is 0 Å². The van der Waals surface area contributed by atoms with Crippen molar-refractivity contribution in [2.24, 2.45) is 0 Å². The summed E-state index contributed by atoms with van der Waals surface area (Å²) in [6.07, 6.45) is 0. The van der Waals surface area contributed by atoms with Gasteiger partial charge in [0.1, 0.15) is 0 Å². The SMILES string of the molecule is CCOC(=O)c1ccc2cc(-c3cccc(C(=O)OCC)c3[N+](=O)[O-])[se]c2c1. The molecule has 8 heteroatoms. The Labute approximate surface area is 166 Å². The number of carbonyl (C=O) groups excluding carboxylic acids is 2. The van der Waals surface area contributed by atoms with E-state index in [0.717, 1.165) is 14.1 Å². The van der Waals surface area contributed by atoms with Crippen LogP contribution in [-0.4, -0.2) is 44.6 Å². The maximum absolute atomic E-state index is 12.1. The first-order valence-electron chi connectivity index (χ1n) is 8.61. The minimum atomic E-state index is -0.718. The van der Waals surface area contributed by atoms with Crippen LogP contribution in [0, 0.1) is 10.1 Å². The van der Waals surface area contributed by atoms with Gasteiger partial charge in [0.2, 0.25) is 0 Å². The summed E-state index contributed by atoms with van der Waals surface area (Å²) in [5, 5.41) is 12.6. The van der Waals surface area contributed by atoms with Gasteiger partial charge >= 0.3 is 167 Å². The topological polar surface area (TPSA) is 95.7 Å². The van der Waals surface area contributed by atoms with E-state index in [-0.39, 0.29) is 39.0 Å². The van der Waals surface area contributed by atoms with E-state index in [9.17, 15) is 19.7 Å². The molecule has 1 aromatic heterocycles. The van der Waals surface area contributed by atoms with E-state index in [1.807, 2.05) is 6.07 Å². The molecule has 0 aliphatic rings. The van der Waals surface area contributed by atoms with Gasteiger partial charge in [0, 0.05) is 0 Å². The van der Waals surface area contributed by atoms with Crippen molar-refractivity contribution in [1.29, 1.82) is 0 Å². The van der Waals surface area contributed by atoms with Crippen LogP contribution in [0.15, 0.2) is 42.5 Å². The van der Waals surface area contributed by atoms with Gasteiger partial charge in [-0.1, -0.05) is 0 Å². The van der Waals surface area contributed by atoms with Gasteiger partial charge in [-0.2, -0.15) is 0 Å². The second-order valence-corrected chi connectivity index (χ2v) is 8.04. The Kier molecular flexibility index (Phi) is 5.92.